The highest BCUT2D eigenvalue weighted by Gasteiger charge is 2.19. The fourth-order valence-electron chi connectivity index (χ4n) is 2.18. The van der Waals surface area contributed by atoms with Gasteiger partial charge in [-0.1, -0.05) is 29.2 Å². The lowest BCUT2D eigenvalue weighted by Crippen LogP contribution is -2.15. The number of rotatable bonds is 7. The lowest BCUT2D eigenvalue weighted by atomic mass is 10.2. The van der Waals surface area contributed by atoms with Gasteiger partial charge >= 0.3 is 0 Å². The Morgan fingerprint density at radius 3 is 2.37 bits per heavy atom. The second kappa shape index (κ2) is 9.37. The van der Waals surface area contributed by atoms with Crippen molar-refractivity contribution in [3.63, 3.8) is 0 Å². The predicted molar refractivity (Wildman–Crippen MR) is 107 cm³/mol. The second-order valence-corrected chi connectivity index (χ2v) is 7.76. The molecule has 9 nitrogen and oxygen atoms in total. The molecular weight excluding hydrogens is 440 g/mol. The number of hydrogen-bond donors (Lipinski definition) is 2. The third kappa shape index (κ3) is 5.33. The molecule has 154 valence electrons. The van der Waals surface area contributed by atoms with Crippen LogP contribution >= 0.6 is 23.1 Å². The number of nitrogens with one attached hydrogen (secondary N) is 2. The van der Waals surface area contributed by atoms with Crippen molar-refractivity contribution in [1.29, 1.82) is 0 Å². The summed E-state index contributed by atoms with van der Waals surface area (Å²) in [6.45, 7) is 0. The van der Waals surface area contributed by atoms with E-state index in [9.17, 15) is 28.5 Å². The molecule has 0 spiro atoms. The molecule has 0 radical (unpaired) electrons. The zero-order chi connectivity index (χ0) is 21.7. The highest BCUT2D eigenvalue weighted by atomic mass is 32.2. The van der Waals surface area contributed by atoms with Crippen molar-refractivity contribution >= 4 is 51.4 Å². The van der Waals surface area contributed by atoms with Gasteiger partial charge < -0.3 is 5.32 Å². The van der Waals surface area contributed by atoms with Crippen LogP contribution in [0.2, 0.25) is 0 Å². The summed E-state index contributed by atoms with van der Waals surface area (Å²) in [4.78, 5) is 34.1. The third-order valence-corrected chi connectivity index (χ3v) is 5.48. The average molecular weight is 451 g/mol. The second-order valence-electron chi connectivity index (χ2n) is 5.56. The van der Waals surface area contributed by atoms with Crippen LogP contribution in [0.15, 0.2) is 46.8 Å². The number of nitrogens with zero attached hydrogens (tertiary/aromatic N) is 3. The van der Waals surface area contributed by atoms with Crippen molar-refractivity contribution in [2.75, 3.05) is 16.4 Å². The number of carbonyl (C=O) groups is 2. The van der Waals surface area contributed by atoms with Crippen molar-refractivity contribution in [3.05, 3.63) is 69.8 Å². The molecule has 0 aliphatic carbocycles. The molecule has 0 atom stereocenters. The molecule has 0 saturated heterocycles. The number of aromatic nitrogens is 2. The van der Waals surface area contributed by atoms with Crippen molar-refractivity contribution in [3.8, 4) is 0 Å². The van der Waals surface area contributed by atoms with Crippen LogP contribution < -0.4 is 10.6 Å². The van der Waals surface area contributed by atoms with E-state index in [1.807, 2.05) is 0 Å². The smallest absolute Gasteiger partial charge is 0.269 e. The molecule has 0 bridgehead atoms. The van der Waals surface area contributed by atoms with Crippen LogP contribution in [0.3, 0.4) is 0 Å². The molecule has 1 aromatic heterocycles. The molecule has 0 fully saturated rings. The third-order valence-electron chi connectivity index (χ3n) is 3.51. The first-order valence-corrected chi connectivity index (χ1v) is 9.89. The van der Waals surface area contributed by atoms with E-state index in [1.54, 1.807) is 0 Å². The topological polar surface area (TPSA) is 127 Å². The number of anilines is 2. The zero-order valence-corrected chi connectivity index (χ0v) is 16.4. The fraction of sp³-hybridized carbons (Fsp3) is 0.0588. The molecule has 2 aromatic carbocycles. The Bertz CT molecular complexity index is 1090. The number of benzene rings is 2. The van der Waals surface area contributed by atoms with E-state index in [0.717, 1.165) is 41.3 Å². The van der Waals surface area contributed by atoms with Gasteiger partial charge in [-0.15, -0.1) is 10.2 Å². The monoisotopic (exact) mass is 451 g/mol. The van der Waals surface area contributed by atoms with Gasteiger partial charge in [-0.3, -0.25) is 25.0 Å². The largest absolute Gasteiger partial charge is 0.325 e. The summed E-state index contributed by atoms with van der Waals surface area (Å²) in [5.74, 6) is -3.44. The van der Waals surface area contributed by atoms with Gasteiger partial charge in [0.25, 0.3) is 11.6 Å². The number of halogens is 2. The van der Waals surface area contributed by atoms with Crippen LogP contribution in [0.25, 0.3) is 0 Å². The first kappa shape index (κ1) is 21.3. The molecule has 2 amide bonds. The Hall–Kier alpha value is -3.45. The van der Waals surface area contributed by atoms with Crippen molar-refractivity contribution in [1.82, 2.24) is 10.2 Å². The summed E-state index contributed by atoms with van der Waals surface area (Å²) in [5.41, 5.74) is -0.436. The van der Waals surface area contributed by atoms with Crippen LogP contribution in [0.5, 0.6) is 0 Å². The van der Waals surface area contributed by atoms with Crippen molar-refractivity contribution in [2.45, 2.75) is 4.34 Å². The van der Waals surface area contributed by atoms with E-state index in [4.69, 9.17) is 0 Å². The molecule has 0 aliphatic rings. The van der Waals surface area contributed by atoms with Gasteiger partial charge in [0.2, 0.25) is 11.0 Å². The number of hydrogen-bond acceptors (Lipinski definition) is 8. The quantitative estimate of drug-likeness (QED) is 0.243. The Morgan fingerprint density at radius 2 is 1.73 bits per heavy atom. The first-order valence-electron chi connectivity index (χ1n) is 8.09. The van der Waals surface area contributed by atoms with E-state index < -0.39 is 28.0 Å². The van der Waals surface area contributed by atoms with E-state index in [-0.39, 0.29) is 22.5 Å². The summed E-state index contributed by atoms with van der Waals surface area (Å²) >= 11 is 1.96. The lowest BCUT2D eigenvalue weighted by molar-refractivity contribution is -0.384. The van der Waals surface area contributed by atoms with E-state index in [1.165, 1.54) is 24.3 Å². The molecule has 0 unspecified atom stereocenters. The summed E-state index contributed by atoms with van der Waals surface area (Å²) in [5, 5.41) is 23.0. The Kier molecular flexibility index (Phi) is 6.64. The molecular formula is C17H11F2N5O4S2. The molecule has 1 heterocycles. The van der Waals surface area contributed by atoms with Crippen LogP contribution in [-0.4, -0.2) is 32.7 Å². The van der Waals surface area contributed by atoms with E-state index in [2.05, 4.69) is 20.8 Å². The standard InChI is InChI=1S/C17H11F2N5O4S2/c18-11-2-1-3-12(19)14(11)15(26)21-16-22-23-17(30-16)29-8-13(25)20-9-4-6-10(7-5-9)24(27)28/h1-7H,8H2,(H,20,25)(H,21,22,26). The minimum Gasteiger partial charge on any atom is -0.325 e. The SMILES string of the molecule is O=C(CSc1nnc(NC(=O)c2c(F)cccc2F)s1)Nc1ccc([N+](=O)[O-])cc1. The van der Waals surface area contributed by atoms with Crippen molar-refractivity contribution < 1.29 is 23.3 Å². The Labute approximate surface area is 175 Å². The molecule has 13 heteroatoms. The fourth-order valence-corrected chi connectivity index (χ4v) is 3.73. The zero-order valence-electron chi connectivity index (χ0n) is 14.8. The number of nitro groups is 1. The summed E-state index contributed by atoms with van der Waals surface area (Å²) in [7, 11) is 0. The highest BCUT2D eigenvalue weighted by molar-refractivity contribution is 8.01. The predicted octanol–water partition coefficient (Wildman–Crippen LogP) is 3.71. The Balaban J connectivity index is 1.53. The Morgan fingerprint density at radius 1 is 1.07 bits per heavy atom. The van der Waals surface area contributed by atoms with Gasteiger partial charge in [-0.05, 0) is 24.3 Å². The van der Waals surface area contributed by atoms with Crippen LogP contribution in [0, 0.1) is 21.7 Å². The maximum Gasteiger partial charge on any atom is 0.269 e. The maximum absolute atomic E-state index is 13.6. The van der Waals surface area contributed by atoms with Gasteiger partial charge in [0.05, 0.1) is 10.7 Å². The molecule has 3 aromatic rings. The minimum absolute atomic E-state index is 0.0148. The summed E-state index contributed by atoms with van der Waals surface area (Å²) in [6.07, 6.45) is 0. The van der Waals surface area contributed by atoms with Gasteiger partial charge in [0, 0.05) is 17.8 Å². The van der Waals surface area contributed by atoms with Crippen LogP contribution in [0.1, 0.15) is 10.4 Å². The van der Waals surface area contributed by atoms with Gasteiger partial charge in [0.15, 0.2) is 4.34 Å². The molecule has 0 saturated carbocycles. The number of amides is 2. The maximum atomic E-state index is 13.6. The van der Waals surface area contributed by atoms with Gasteiger partial charge in [0.1, 0.15) is 17.2 Å². The van der Waals surface area contributed by atoms with Gasteiger partial charge in [-0.2, -0.15) is 0 Å². The van der Waals surface area contributed by atoms with E-state index >= 15 is 0 Å². The van der Waals surface area contributed by atoms with E-state index in [0.29, 0.717) is 10.0 Å². The van der Waals surface area contributed by atoms with Crippen molar-refractivity contribution in [2.24, 2.45) is 0 Å². The number of non-ortho nitro benzene ring substituents is 1. The van der Waals surface area contributed by atoms with Gasteiger partial charge in [-0.25, -0.2) is 8.78 Å². The normalized spacial score (nSPS) is 10.5. The summed E-state index contributed by atoms with van der Waals surface area (Å²) < 4.78 is 27.6. The molecule has 2 N–H and O–H groups in total. The molecule has 0 aliphatic heterocycles. The number of thioether (sulfide) groups is 1. The number of carbonyl (C=O) groups excluding carboxylic acids is 2. The highest BCUT2D eigenvalue weighted by Crippen LogP contribution is 2.26. The van der Waals surface area contributed by atoms with Crippen LogP contribution in [0.4, 0.5) is 25.3 Å². The lowest BCUT2D eigenvalue weighted by Gasteiger charge is -2.04. The average Bonchev–Trinajstić information content (AvgIpc) is 3.14. The van der Waals surface area contributed by atoms with Crippen LogP contribution in [-0.2, 0) is 4.79 Å². The number of nitro benzene ring substituents is 1. The summed E-state index contributed by atoms with van der Waals surface area (Å²) in [6, 6.07) is 8.40. The molecule has 30 heavy (non-hydrogen) atoms. The molecule has 3 rings (SSSR count). The minimum atomic E-state index is -1.01. The first-order chi connectivity index (χ1) is 14.3.